The van der Waals surface area contributed by atoms with Crippen LogP contribution in [0.3, 0.4) is 0 Å². The number of hydrogen-bond acceptors (Lipinski definition) is 6. The summed E-state index contributed by atoms with van der Waals surface area (Å²) in [5.41, 5.74) is 0. The first-order chi connectivity index (χ1) is 40.5. The number of phosphoric ester groups is 1. The second-order valence-electron chi connectivity index (χ2n) is 24.5. The van der Waals surface area contributed by atoms with Crippen molar-refractivity contribution in [3.63, 3.8) is 0 Å². The monoisotopic (exact) mass is 1180 g/mol. The van der Waals surface area contributed by atoms with Crippen LogP contribution in [0.1, 0.15) is 303 Å². The average Bonchev–Trinajstić information content (AvgIpc) is 3.50. The molecule has 0 aromatic heterocycles. The quantitative estimate of drug-likeness (QED) is 0.0272. The average molecular weight is 1180 g/mol. The number of rotatable bonds is 63. The van der Waals surface area contributed by atoms with E-state index in [4.69, 9.17) is 9.05 Å². The summed E-state index contributed by atoms with van der Waals surface area (Å²) in [6, 6.07) is -0.813. The van der Waals surface area contributed by atoms with Gasteiger partial charge in [-0.25, -0.2) is 0 Å². The lowest BCUT2D eigenvalue weighted by Crippen LogP contribution is -2.46. The Hall–Kier alpha value is -2.84. The summed E-state index contributed by atoms with van der Waals surface area (Å²) in [7, 11) is 1.30. The van der Waals surface area contributed by atoms with Gasteiger partial charge in [0, 0.05) is 6.42 Å². The Balaban J connectivity index is 4.11. The Morgan fingerprint density at radius 3 is 1.07 bits per heavy atom. The zero-order chi connectivity index (χ0) is 60.5. The molecule has 0 bridgehead atoms. The number of nitrogens with one attached hydrogen (secondary N) is 1. The van der Waals surface area contributed by atoms with Gasteiger partial charge in [0.05, 0.1) is 39.9 Å². The summed E-state index contributed by atoms with van der Waals surface area (Å²) in [6.07, 6.45) is 92.9. The third kappa shape index (κ3) is 66.5. The smallest absolute Gasteiger partial charge is 0.268 e. The molecule has 0 spiro atoms. The van der Waals surface area contributed by atoms with Crippen LogP contribution in [0.2, 0.25) is 0 Å². The number of allylic oxidation sites excluding steroid dienone is 18. The summed E-state index contributed by atoms with van der Waals surface area (Å²) >= 11 is 0. The highest BCUT2D eigenvalue weighted by molar-refractivity contribution is 7.45. The minimum atomic E-state index is -4.59. The first-order valence-corrected chi connectivity index (χ1v) is 36.2. The molecule has 480 valence electrons. The topological polar surface area (TPSA) is 108 Å². The highest BCUT2D eigenvalue weighted by Gasteiger charge is 2.24. The molecule has 0 aliphatic rings. The van der Waals surface area contributed by atoms with Gasteiger partial charge in [-0.1, -0.05) is 322 Å². The Kier molecular flexibility index (Phi) is 61.5. The van der Waals surface area contributed by atoms with Gasteiger partial charge in [-0.2, -0.15) is 0 Å². The molecule has 9 heteroatoms. The number of aliphatic hydroxyl groups is 1. The van der Waals surface area contributed by atoms with E-state index >= 15 is 0 Å². The molecular weight excluding hydrogens is 1040 g/mol. The number of phosphoric acid groups is 1. The number of carbonyl (C=O) groups is 1. The second kappa shape index (κ2) is 63.7. The predicted molar refractivity (Wildman–Crippen MR) is 362 cm³/mol. The zero-order valence-corrected chi connectivity index (χ0v) is 55.8. The molecule has 0 rings (SSSR count). The van der Waals surface area contributed by atoms with Crippen LogP contribution in [0, 0.1) is 0 Å². The molecule has 8 nitrogen and oxygen atoms in total. The number of aliphatic hydroxyl groups excluding tert-OH is 1. The van der Waals surface area contributed by atoms with Gasteiger partial charge in [-0.15, -0.1) is 0 Å². The molecule has 83 heavy (non-hydrogen) atoms. The number of nitrogens with zero attached hydrogens (tertiary/aromatic N) is 1. The minimum absolute atomic E-state index is 0.00675. The maximum Gasteiger partial charge on any atom is 0.268 e. The SMILES string of the molecule is CC/C=C\C/C=C\C/C=C\C/C=C\C/C=C\C/C=C\C/C=C\C/C=C\C/C=C\CCCCCCCCCCCC(=O)NC(COP(=O)([O-])OCC[N+](C)(C)C)C(O)CCCCCCCCCCCCCCCCCCCCCCCCCC. The molecule has 3 unspecified atom stereocenters. The second-order valence-corrected chi connectivity index (χ2v) is 25.9. The lowest BCUT2D eigenvalue weighted by Gasteiger charge is -2.30. The Labute approximate surface area is 514 Å². The summed E-state index contributed by atoms with van der Waals surface area (Å²) in [4.78, 5) is 25.7. The lowest BCUT2D eigenvalue weighted by molar-refractivity contribution is -0.870. The molecule has 1 amide bonds. The fourth-order valence-corrected chi connectivity index (χ4v) is 10.6. The number of quaternary nitrogens is 1. The lowest BCUT2D eigenvalue weighted by atomic mass is 10.0. The van der Waals surface area contributed by atoms with Crippen molar-refractivity contribution in [2.24, 2.45) is 0 Å². The van der Waals surface area contributed by atoms with E-state index in [2.05, 4.69) is 129 Å². The molecule has 2 N–H and O–H groups in total. The Bertz CT molecular complexity index is 1720. The summed E-state index contributed by atoms with van der Waals surface area (Å²) in [6.45, 7) is 4.63. The third-order valence-electron chi connectivity index (χ3n) is 15.3. The van der Waals surface area contributed by atoms with Crippen molar-refractivity contribution in [3.05, 3.63) is 109 Å². The van der Waals surface area contributed by atoms with Gasteiger partial charge in [0.1, 0.15) is 13.2 Å². The maximum absolute atomic E-state index is 13.1. The van der Waals surface area contributed by atoms with Crippen LogP contribution < -0.4 is 10.2 Å². The van der Waals surface area contributed by atoms with Crippen molar-refractivity contribution in [1.82, 2.24) is 5.32 Å². The van der Waals surface area contributed by atoms with Crippen LogP contribution in [0.15, 0.2) is 109 Å². The van der Waals surface area contributed by atoms with Crippen LogP contribution in [0.25, 0.3) is 0 Å². The van der Waals surface area contributed by atoms with Crippen LogP contribution in [-0.2, 0) is 18.4 Å². The van der Waals surface area contributed by atoms with E-state index in [0.717, 1.165) is 103 Å². The first-order valence-electron chi connectivity index (χ1n) is 34.7. The Morgan fingerprint density at radius 1 is 0.434 bits per heavy atom. The van der Waals surface area contributed by atoms with Crippen molar-refractivity contribution in [2.45, 2.75) is 315 Å². The molecule has 0 aliphatic heterocycles. The van der Waals surface area contributed by atoms with Crippen molar-refractivity contribution in [3.8, 4) is 0 Å². The fraction of sp³-hybridized carbons (Fsp3) is 0.743. The maximum atomic E-state index is 13.1. The van der Waals surface area contributed by atoms with Crippen molar-refractivity contribution >= 4 is 13.7 Å². The molecule has 0 saturated heterocycles. The van der Waals surface area contributed by atoms with Crippen molar-refractivity contribution < 1.29 is 32.9 Å². The molecule has 0 heterocycles. The van der Waals surface area contributed by atoms with Crippen LogP contribution in [0.4, 0.5) is 0 Å². The zero-order valence-electron chi connectivity index (χ0n) is 54.9. The molecule has 0 fully saturated rings. The van der Waals surface area contributed by atoms with E-state index in [0.29, 0.717) is 23.9 Å². The fourth-order valence-electron chi connectivity index (χ4n) is 9.92. The van der Waals surface area contributed by atoms with Gasteiger partial charge >= 0.3 is 0 Å². The van der Waals surface area contributed by atoms with Crippen LogP contribution >= 0.6 is 7.82 Å². The number of amides is 1. The summed E-state index contributed by atoms with van der Waals surface area (Å²) in [5.74, 6) is -0.172. The predicted octanol–water partition coefficient (Wildman–Crippen LogP) is 21.6. The van der Waals surface area contributed by atoms with Crippen molar-refractivity contribution in [1.29, 1.82) is 0 Å². The third-order valence-corrected chi connectivity index (χ3v) is 16.2. The van der Waals surface area contributed by atoms with Crippen LogP contribution in [-0.4, -0.2) is 68.5 Å². The highest BCUT2D eigenvalue weighted by atomic mass is 31.2. The molecule has 0 saturated carbocycles. The standard InChI is InChI=1S/C74H133N2O6P/c1-6-8-10-12-14-16-18-20-22-24-26-28-30-32-33-34-35-36-37-38-39-40-41-42-43-44-46-48-50-52-54-56-58-60-62-64-66-68-74(78)75-72(71-82-83(79,80)81-70-69-76(3,4)5)73(77)67-65-63-61-59-57-55-53-51-49-47-45-31-29-27-25-23-21-19-17-15-13-11-9-7-2/h8,10,14,16,20,22,26,28,32-33,35-36,38-39,41-42,44,46,72-73,77H,6-7,9,11-13,15,17-19,21,23-25,27,29-31,34,37,40,43,45,47-71H2,1-5H3,(H-,75,78,79,80)/b10-8-,16-14-,22-20-,28-26-,33-32-,36-35-,39-38-,42-41-,46-44-. The molecule has 0 aliphatic carbocycles. The summed E-state index contributed by atoms with van der Waals surface area (Å²) in [5, 5.41) is 14.1. The summed E-state index contributed by atoms with van der Waals surface area (Å²) < 4.78 is 23.5. The van der Waals surface area contributed by atoms with E-state index in [1.807, 2.05) is 21.1 Å². The van der Waals surface area contributed by atoms with Crippen molar-refractivity contribution in [2.75, 3.05) is 40.9 Å². The molecular formula is C74H133N2O6P. The number of likely N-dealkylation sites (N-methyl/N-ethyl adjacent to an activating group) is 1. The normalized spacial score (nSPS) is 14.3. The molecule has 3 atom stereocenters. The highest BCUT2D eigenvalue weighted by Crippen LogP contribution is 2.38. The van der Waals surface area contributed by atoms with E-state index in [9.17, 15) is 19.4 Å². The van der Waals surface area contributed by atoms with Gasteiger partial charge in [0.25, 0.3) is 7.82 Å². The molecule has 0 radical (unpaired) electrons. The largest absolute Gasteiger partial charge is 0.756 e. The van der Waals surface area contributed by atoms with E-state index in [-0.39, 0.29) is 19.1 Å². The van der Waals surface area contributed by atoms with Gasteiger partial charge in [-0.3, -0.25) is 9.36 Å². The first kappa shape index (κ1) is 80.2. The van der Waals surface area contributed by atoms with Gasteiger partial charge < -0.3 is 28.8 Å². The minimum Gasteiger partial charge on any atom is -0.756 e. The van der Waals surface area contributed by atoms with Gasteiger partial charge in [0.15, 0.2) is 0 Å². The molecule has 0 aromatic carbocycles. The van der Waals surface area contributed by atoms with Crippen LogP contribution in [0.5, 0.6) is 0 Å². The van der Waals surface area contributed by atoms with Gasteiger partial charge in [0.2, 0.25) is 5.91 Å². The number of hydrogen-bond donors (Lipinski definition) is 2. The number of carbonyl (C=O) groups excluding carboxylic acids is 1. The van der Waals surface area contributed by atoms with E-state index < -0.39 is 20.0 Å². The van der Waals surface area contributed by atoms with E-state index in [1.165, 1.54) is 173 Å². The molecule has 0 aromatic rings. The van der Waals surface area contributed by atoms with Gasteiger partial charge in [-0.05, 0) is 83.5 Å². The van der Waals surface area contributed by atoms with E-state index in [1.54, 1.807) is 0 Å². The number of unbranched alkanes of at least 4 members (excludes halogenated alkanes) is 32. The Morgan fingerprint density at radius 2 is 0.735 bits per heavy atom.